The second kappa shape index (κ2) is 6.36. The van der Waals surface area contributed by atoms with Gasteiger partial charge in [-0.2, -0.15) is 0 Å². The molecule has 7 heteroatoms. The summed E-state index contributed by atoms with van der Waals surface area (Å²) in [5, 5.41) is 14.5. The third kappa shape index (κ3) is 2.71. The molecule has 24 heavy (non-hydrogen) atoms. The molecule has 1 aromatic carbocycles. The summed E-state index contributed by atoms with van der Waals surface area (Å²) in [7, 11) is 2.92. The summed E-state index contributed by atoms with van der Waals surface area (Å²) in [6, 6.07) is 3.09. The number of rotatable bonds is 5. The number of amides is 1. The number of nitrogens with one attached hydrogen (secondary N) is 1. The molecule has 6 nitrogen and oxygen atoms in total. The molecule has 0 radical (unpaired) electrons. The molecular formula is C17H17ClNO5-. The van der Waals surface area contributed by atoms with E-state index in [9.17, 15) is 14.7 Å². The fourth-order valence-corrected chi connectivity index (χ4v) is 3.91. The Labute approximate surface area is 144 Å². The molecule has 3 rings (SSSR count). The van der Waals surface area contributed by atoms with E-state index in [0.717, 1.165) is 0 Å². The topological polar surface area (TPSA) is 87.7 Å². The van der Waals surface area contributed by atoms with Gasteiger partial charge < -0.3 is 24.7 Å². The van der Waals surface area contributed by atoms with Gasteiger partial charge in [-0.3, -0.25) is 4.79 Å². The molecule has 0 unspecified atom stereocenters. The highest BCUT2D eigenvalue weighted by Crippen LogP contribution is 2.48. The van der Waals surface area contributed by atoms with Gasteiger partial charge in [-0.15, -0.1) is 0 Å². The van der Waals surface area contributed by atoms with Crippen molar-refractivity contribution in [2.45, 2.75) is 6.42 Å². The molecule has 0 spiro atoms. The highest BCUT2D eigenvalue weighted by atomic mass is 35.5. The van der Waals surface area contributed by atoms with Crippen molar-refractivity contribution in [2.75, 3.05) is 19.5 Å². The van der Waals surface area contributed by atoms with Gasteiger partial charge in [0.1, 0.15) is 11.5 Å². The molecular weight excluding hydrogens is 334 g/mol. The van der Waals surface area contributed by atoms with Crippen molar-refractivity contribution in [1.29, 1.82) is 0 Å². The van der Waals surface area contributed by atoms with Gasteiger partial charge in [0.2, 0.25) is 5.91 Å². The third-order valence-electron chi connectivity index (χ3n) is 4.77. The molecule has 1 N–H and O–H groups in total. The summed E-state index contributed by atoms with van der Waals surface area (Å²) >= 11 is 6.05. The zero-order valence-electron chi connectivity index (χ0n) is 13.2. The van der Waals surface area contributed by atoms with Crippen LogP contribution in [0.2, 0.25) is 5.02 Å². The number of ether oxygens (including phenoxy) is 2. The molecule has 1 saturated carbocycles. The molecule has 0 saturated heterocycles. The molecule has 0 aliphatic heterocycles. The number of aliphatic carboxylic acids is 1. The molecule has 2 bridgehead atoms. The standard InChI is InChI=1S/C17H18ClNO5/c1-23-12-7-11(13(24-2)6-10(12)18)19-16(20)14-8-3-4-9(5-8)15(14)17(21)22/h3-4,6-9,14-15H,5H2,1-2H3,(H,19,20)(H,21,22)/p-1/t8-,9+,14+,15-/m0/s1. The van der Waals surface area contributed by atoms with E-state index in [-0.39, 0.29) is 17.7 Å². The monoisotopic (exact) mass is 350 g/mol. The van der Waals surface area contributed by atoms with Crippen LogP contribution in [-0.2, 0) is 9.59 Å². The van der Waals surface area contributed by atoms with Crippen LogP contribution in [0.1, 0.15) is 6.42 Å². The summed E-state index contributed by atoms with van der Waals surface area (Å²) in [5.41, 5.74) is 0.382. The van der Waals surface area contributed by atoms with Crippen LogP contribution in [0.5, 0.6) is 11.5 Å². The number of allylic oxidation sites excluding steroid dienone is 2. The van der Waals surface area contributed by atoms with Crippen molar-refractivity contribution >= 4 is 29.2 Å². The van der Waals surface area contributed by atoms with Crippen LogP contribution >= 0.6 is 11.6 Å². The Morgan fingerprint density at radius 2 is 1.75 bits per heavy atom. The second-order valence-electron chi connectivity index (χ2n) is 6.00. The number of carboxylic acids is 1. The minimum atomic E-state index is -1.19. The van der Waals surface area contributed by atoms with E-state index in [1.165, 1.54) is 20.3 Å². The van der Waals surface area contributed by atoms with Gasteiger partial charge >= 0.3 is 0 Å². The minimum absolute atomic E-state index is 0.0851. The van der Waals surface area contributed by atoms with E-state index in [1.807, 2.05) is 12.2 Å². The number of methoxy groups -OCH3 is 2. The summed E-state index contributed by atoms with van der Waals surface area (Å²) in [4.78, 5) is 24.1. The Bertz CT molecular complexity index is 717. The molecule has 1 amide bonds. The molecule has 1 aromatic rings. The predicted octanol–water partition coefficient (Wildman–Crippen LogP) is 1.48. The lowest BCUT2D eigenvalue weighted by Crippen LogP contribution is -2.42. The Balaban J connectivity index is 1.87. The number of hydrogen-bond donors (Lipinski definition) is 1. The molecule has 128 valence electrons. The molecule has 4 atom stereocenters. The van der Waals surface area contributed by atoms with Crippen LogP contribution in [-0.4, -0.2) is 26.1 Å². The van der Waals surface area contributed by atoms with Crippen molar-refractivity contribution < 1.29 is 24.2 Å². The molecule has 2 aliphatic rings. The fourth-order valence-electron chi connectivity index (χ4n) is 3.68. The molecule has 0 aromatic heterocycles. The number of fused-ring (bicyclic) bond motifs is 2. The number of halogens is 1. The highest BCUT2D eigenvalue weighted by molar-refractivity contribution is 6.32. The lowest BCUT2D eigenvalue weighted by molar-refractivity contribution is -0.313. The van der Waals surface area contributed by atoms with Gasteiger partial charge in [0.15, 0.2) is 0 Å². The Hall–Kier alpha value is -2.21. The molecule has 2 aliphatic carbocycles. The Morgan fingerprint density at radius 3 is 2.33 bits per heavy atom. The smallest absolute Gasteiger partial charge is 0.228 e. The van der Waals surface area contributed by atoms with Gasteiger partial charge in [-0.25, -0.2) is 0 Å². The van der Waals surface area contributed by atoms with Crippen molar-refractivity contribution in [3.05, 3.63) is 29.3 Å². The maximum atomic E-state index is 12.7. The average molecular weight is 351 g/mol. The zero-order chi connectivity index (χ0) is 17.4. The Morgan fingerprint density at radius 1 is 1.12 bits per heavy atom. The maximum Gasteiger partial charge on any atom is 0.228 e. The van der Waals surface area contributed by atoms with E-state index in [0.29, 0.717) is 28.6 Å². The molecule has 1 fully saturated rings. The van der Waals surface area contributed by atoms with Gasteiger partial charge in [-0.1, -0.05) is 23.8 Å². The van der Waals surface area contributed by atoms with Crippen molar-refractivity contribution in [3.63, 3.8) is 0 Å². The van der Waals surface area contributed by atoms with Crippen LogP contribution in [0.4, 0.5) is 5.69 Å². The fraction of sp³-hybridized carbons (Fsp3) is 0.412. The number of carbonyl (C=O) groups excluding carboxylic acids is 2. The van der Waals surface area contributed by atoms with E-state index in [2.05, 4.69) is 5.32 Å². The predicted molar refractivity (Wildman–Crippen MR) is 85.9 cm³/mol. The van der Waals surface area contributed by atoms with Crippen LogP contribution in [0.25, 0.3) is 0 Å². The lowest BCUT2D eigenvalue weighted by Gasteiger charge is -2.28. The van der Waals surface area contributed by atoms with E-state index in [4.69, 9.17) is 21.1 Å². The summed E-state index contributed by atoms with van der Waals surface area (Å²) in [6.07, 6.45) is 4.44. The van der Waals surface area contributed by atoms with Crippen LogP contribution in [0, 0.1) is 23.7 Å². The quantitative estimate of drug-likeness (QED) is 0.813. The van der Waals surface area contributed by atoms with Gasteiger partial charge in [0, 0.05) is 24.0 Å². The Kier molecular flexibility index (Phi) is 4.41. The summed E-state index contributed by atoms with van der Waals surface area (Å²) < 4.78 is 10.4. The van der Waals surface area contributed by atoms with Crippen molar-refractivity contribution in [2.24, 2.45) is 23.7 Å². The first kappa shape index (κ1) is 16.6. The highest BCUT2D eigenvalue weighted by Gasteiger charge is 2.48. The number of anilines is 1. The number of hydrogen-bond acceptors (Lipinski definition) is 5. The van der Waals surface area contributed by atoms with Crippen LogP contribution in [0.3, 0.4) is 0 Å². The average Bonchev–Trinajstić information content (AvgIpc) is 3.16. The third-order valence-corrected chi connectivity index (χ3v) is 5.06. The van der Waals surface area contributed by atoms with Gasteiger partial charge in [0.25, 0.3) is 0 Å². The van der Waals surface area contributed by atoms with Crippen molar-refractivity contribution in [1.82, 2.24) is 0 Å². The van der Waals surface area contributed by atoms with E-state index < -0.39 is 17.8 Å². The maximum absolute atomic E-state index is 12.7. The van der Waals surface area contributed by atoms with E-state index in [1.54, 1.807) is 6.07 Å². The lowest BCUT2D eigenvalue weighted by atomic mass is 9.82. The van der Waals surface area contributed by atoms with Crippen molar-refractivity contribution in [3.8, 4) is 11.5 Å². The largest absolute Gasteiger partial charge is 0.550 e. The summed E-state index contributed by atoms with van der Waals surface area (Å²) in [5.74, 6) is -2.49. The van der Waals surface area contributed by atoms with Gasteiger partial charge in [0.05, 0.1) is 30.8 Å². The SMILES string of the molecule is COc1cc(NC(=O)[C@H]2[C@@H](C(=O)[O-])[C@@H]3C=C[C@H]2C3)c(OC)cc1Cl. The summed E-state index contributed by atoms with van der Waals surface area (Å²) in [6.45, 7) is 0. The zero-order valence-corrected chi connectivity index (χ0v) is 14.0. The van der Waals surface area contributed by atoms with Crippen LogP contribution in [0.15, 0.2) is 24.3 Å². The first-order valence-corrected chi connectivity index (χ1v) is 7.95. The second-order valence-corrected chi connectivity index (χ2v) is 6.40. The minimum Gasteiger partial charge on any atom is -0.550 e. The first-order chi connectivity index (χ1) is 11.5. The van der Waals surface area contributed by atoms with Crippen LogP contribution < -0.4 is 19.9 Å². The van der Waals surface area contributed by atoms with E-state index >= 15 is 0 Å². The number of carbonyl (C=O) groups is 2. The number of carboxylic acid groups (broad SMARTS) is 1. The van der Waals surface area contributed by atoms with Gasteiger partial charge in [-0.05, 0) is 18.3 Å². The number of benzene rings is 1. The first-order valence-electron chi connectivity index (χ1n) is 7.57. The normalized spacial score (nSPS) is 27.1. The molecule has 0 heterocycles.